The van der Waals surface area contributed by atoms with Crippen molar-refractivity contribution in [3.05, 3.63) is 46.4 Å². The largest absolute Gasteiger partial charge is 0.352 e. The Kier molecular flexibility index (Phi) is 4.27. The van der Waals surface area contributed by atoms with E-state index >= 15 is 0 Å². The molecule has 0 aliphatic carbocycles. The third-order valence-electron chi connectivity index (χ3n) is 2.50. The van der Waals surface area contributed by atoms with Crippen molar-refractivity contribution in [2.75, 3.05) is 12.0 Å². The zero-order valence-corrected chi connectivity index (χ0v) is 10.5. The van der Waals surface area contributed by atoms with Crippen molar-refractivity contribution in [3.63, 3.8) is 0 Å². The number of thiophene rings is 1. The van der Waals surface area contributed by atoms with Crippen LogP contribution in [0.5, 0.6) is 0 Å². The highest BCUT2D eigenvalue weighted by Crippen LogP contribution is 2.11. The highest BCUT2D eigenvalue weighted by atomic mass is 32.1. The number of amides is 1. The Bertz CT molecular complexity index is 513. The van der Waals surface area contributed by atoms with Gasteiger partial charge in [-0.15, -0.1) is 0 Å². The Hall–Kier alpha value is -1.92. The van der Waals surface area contributed by atoms with E-state index < -0.39 is 0 Å². The van der Waals surface area contributed by atoms with Gasteiger partial charge in [0.05, 0.1) is 17.4 Å². The molecule has 2 aromatic rings. The topological polar surface area (TPSA) is 80.0 Å². The van der Waals surface area contributed by atoms with E-state index in [0.717, 1.165) is 6.42 Å². The van der Waals surface area contributed by atoms with Crippen LogP contribution >= 0.6 is 11.3 Å². The van der Waals surface area contributed by atoms with Gasteiger partial charge in [0.1, 0.15) is 0 Å². The number of pyridine rings is 1. The molecule has 0 aliphatic heterocycles. The summed E-state index contributed by atoms with van der Waals surface area (Å²) in [5.74, 6) is 5.17. The fourth-order valence-electron chi connectivity index (χ4n) is 1.56. The Morgan fingerprint density at radius 2 is 2.33 bits per heavy atom. The molecule has 1 amide bonds. The molecule has 6 heteroatoms. The second-order valence-electron chi connectivity index (χ2n) is 3.70. The van der Waals surface area contributed by atoms with Crippen LogP contribution in [0.1, 0.15) is 15.9 Å². The predicted molar refractivity (Wildman–Crippen MR) is 72.4 cm³/mol. The van der Waals surface area contributed by atoms with Crippen molar-refractivity contribution >= 4 is 22.9 Å². The molecule has 0 radical (unpaired) electrons. The number of nitrogens with two attached hydrogens (primary N) is 1. The summed E-state index contributed by atoms with van der Waals surface area (Å²) in [7, 11) is 0. The molecule has 0 spiro atoms. The van der Waals surface area contributed by atoms with Gasteiger partial charge in [-0.3, -0.25) is 15.6 Å². The van der Waals surface area contributed by atoms with E-state index in [-0.39, 0.29) is 5.91 Å². The van der Waals surface area contributed by atoms with Gasteiger partial charge in [0, 0.05) is 12.7 Å². The van der Waals surface area contributed by atoms with Crippen molar-refractivity contribution in [1.29, 1.82) is 0 Å². The highest BCUT2D eigenvalue weighted by Gasteiger charge is 2.09. The Morgan fingerprint density at radius 1 is 1.44 bits per heavy atom. The fraction of sp³-hybridized carbons (Fsp3) is 0.167. The predicted octanol–water partition coefficient (Wildman–Crippen LogP) is 1.40. The average molecular weight is 262 g/mol. The van der Waals surface area contributed by atoms with Gasteiger partial charge in [0.2, 0.25) is 0 Å². The summed E-state index contributed by atoms with van der Waals surface area (Å²) in [5, 5.41) is 6.95. The van der Waals surface area contributed by atoms with E-state index in [4.69, 9.17) is 5.84 Å². The minimum Gasteiger partial charge on any atom is -0.352 e. The van der Waals surface area contributed by atoms with Gasteiger partial charge in [-0.05, 0) is 34.9 Å². The molecule has 0 aliphatic rings. The van der Waals surface area contributed by atoms with Crippen molar-refractivity contribution < 1.29 is 4.79 Å². The van der Waals surface area contributed by atoms with E-state index in [9.17, 15) is 4.79 Å². The van der Waals surface area contributed by atoms with Crippen molar-refractivity contribution in [3.8, 4) is 0 Å². The molecule has 2 aromatic heterocycles. The van der Waals surface area contributed by atoms with Crippen LogP contribution in [-0.2, 0) is 6.42 Å². The molecule has 94 valence electrons. The van der Waals surface area contributed by atoms with Crippen LogP contribution in [0, 0.1) is 0 Å². The molecular formula is C12H14N4OS. The summed E-state index contributed by atoms with van der Waals surface area (Å²) in [4.78, 5) is 15.8. The van der Waals surface area contributed by atoms with E-state index in [1.54, 1.807) is 23.6 Å². The summed E-state index contributed by atoms with van der Waals surface area (Å²) >= 11 is 1.65. The number of nitrogens with one attached hydrogen (secondary N) is 2. The number of nitrogen functional groups attached to an aromatic ring is 1. The van der Waals surface area contributed by atoms with E-state index in [2.05, 4.69) is 27.2 Å². The number of hydrazine groups is 1. The molecule has 0 unspecified atom stereocenters. The summed E-state index contributed by atoms with van der Waals surface area (Å²) in [5.41, 5.74) is 4.70. The van der Waals surface area contributed by atoms with Gasteiger partial charge in [-0.2, -0.15) is 11.3 Å². The number of nitrogens with zero attached hydrogens (tertiary/aromatic N) is 1. The van der Waals surface area contributed by atoms with Crippen LogP contribution in [-0.4, -0.2) is 17.4 Å². The number of anilines is 1. The maximum atomic E-state index is 11.9. The monoisotopic (exact) mass is 262 g/mol. The lowest BCUT2D eigenvalue weighted by Gasteiger charge is -2.08. The van der Waals surface area contributed by atoms with Crippen LogP contribution in [0.25, 0.3) is 0 Å². The van der Waals surface area contributed by atoms with E-state index in [0.29, 0.717) is 17.8 Å². The molecule has 4 N–H and O–H groups in total. The maximum absolute atomic E-state index is 11.9. The molecule has 0 saturated heterocycles. The second-order valence-corrected chi connectivity index (χ2v) is 4.48. The summed E-state index contributed by atoms with van der Waals surface area (Å²) in [6.45, 7) is 0.599. The lowest BCUT2D eigenvalue weighted by molar-refractivity contribution is 0.0955. The first-order valence-electron chi connectivity index (χ1n) is 5.51. The Morgan fingerprint density at radius 3 is 3.06 bits per heavy atom. The van der Waals surface area contributed by atoms with Crippen molar-refractivity contribution in [2.45, 2.75) is 6.42 Å². The number of aromatic nitrogens is 1. The number of rotatable bonds is 5. The zero-order chi connectivity index (χ0) is 12.8. The van der Waals surface area contributed by atoms with Gasteiger partial charge in [0.15, 0.2) is 0 Å². The lowest BCUT2D eigenvalue weighted by atomic mass is 10.2. The number of hydrogen-bond donors (Lipinski definition) is 3. The first kappa shape index (κ1) is 12.5. The number of carbonyl (C=O) groups is 1. The molecule has 0 bridgehead atoms. The summed E-state index contributed by atoms with van der Waals surface area (Å²) in [6.07, 6.45) is 3.91. The van der Waals surface area contributed by atoms with Gasteiger partial charge >= 0.3 is 0 Å². The van der Waals surface area contributed by atoms with Gasteiger partial charge in [0.25, 0.3) is 5.91 Å². The number of hydrogen-bond acceptors (Lipinski definition) is 5. The standard InChI is InChI=1S/C12H14N4OS/c13-16-11-7-14-4-2-10(11)12(17)15-5-1-9-3-6-18-8-9/h2-4,6-8,16H,1,5,13H2,(H,15,17). The van der Waals surface area contributed by atoms with E-state index in [1.165, 1.54) is 11.8 Å². The van der Waals surface area contributed by atoms with Crippen LogP contribution in [0.3, 0.4) is 0 Å². The molecule has 5 nitrogen and oxygen atoms in total. The second kappa shape index (κ2) is 6.13. The molecule has 0 atom stereocenters. The van der Waals surface area contributed by atoms with Crippen molar-refractivity contribution in [2.24, 2.45) is 5.84 Å². The minimum atomic E-state index is -0.152. The summed E-state index contributed by atoms with van der Waals surface area (Å²) < 4.78 is 0. The third-order valence-corrected chi connectivity index (χ3v) is 3.23. The van der Waals surface area contributed by atoms with E-state index in [1.807, 2.05) is 5.38 Å². The lowest BCUT2D eigenvalue weighted by Crippen LogP contribution is -2.27. The third kappa shape index (κ3) is 3.06. The van der Waals surface area contributed by atoms with Gasteiger partial charge in [-0.1, -0.05) is 0 Å². The highest BCUT2D eigenvalue weighted by molar-refractivity contribution is 7.07. The zero-order valence-electron chi connectivity index (χ0n) is 9.72. The van der Waals surface area contributed by atoms with Crippen LogP contribution in [0.15, 0.2) is 35.3 Å². The fourth-order valence-corrected chi connectivity index (χ4v) is 2.26. The average Bonchev–Trinajstić information content (AvgIpc) is 2.91. The SMILES string of the molecule is NNc1cnccc1C(=O)NCCc1ccsc1. The smallest absolute Gasteiger partial charge is 0.253 e. The molecule has 2 rings (SSSR count). The quantitative estimate of drug-likeness (QED) is 0.562. The first-order chi connectivity index (χ1) is 8.81. The maximum Gasteiger partial charge on any atom is 0.253 e. The molecule has 0 fully saturated rings. The Balaban J connectivity index is 1.91. The normalized spacial score (nSPS) is 10.1. The van der Waals surface area contributed by atoms with Crippen LogP contribution < -0.4 is 16.6 Å². The van der Waals surface area contributed by atoms with Crippen LogP contribution in [0.4, 0.5) is 5.69 Å². The Labute approximate surface area is 109 Å². The molecule has 0 aromatic carbocycles. The van der Waals surface area contributed by atoms with Crippen molar-refractivity contribution in [1.82, 2.24) is 10.3 Å². The van der Waals surface area contributed by atoms with Gasteiger partial charge < -0.3 is 10.7 Å². The molecule has 2 heterocycles. The number of carbonyl (C=O) groups excluding carboxylic acids is 1. The molecule has 0 saturated carbocycles. The van der Waals surface area contributed by atoms with Crippen LogP contribution in [0.2, 0.25) is 0 Å². The minimum absolute atomic E-state index is 0.152. The van der Waals surface area contributed by atoms with Gasteiger partial charge in [-0.25, -0.2) is 0 Å². The molecule has 18 heavy (non-hydrogen) atoms. The molecular weight excluding hydrogens is 248 g/mol. The summed E-state index contributed by atoms with van der Waals surface area (Å²) in [6, 6.07) is 3.69. The first-order valence-corrected chi connectivity index (χ1v) is 6.45.